The molecule has 0 saturated heterocycles. The molecule has 0 radical (unpaired) electrons. The van der Waals surface area contributed by atoms with Crippen molar-refractivity contribution in [1.82, 2.24) is 5.32 Å². The summed E-state index contributed by atoms with van der Waals surface area (Å²) in [7, 11) is 1.74. The molecule has 1 aliphatic heterocycles. The van der Waals surface area contributed by atoms with Crippen molar-refractivity contribution >= 4 is 47.4 Å². The number of halogens is 2. The second kappa shape index (κ2) is 12.1. The van der Waals surface area contributed by atoms with Gasteiger partial charge in [-0.25, -0.2) is 0 Å². The topological polar surface area (TPSA) is 36.9 Å². The molecule has 0 atom stereocenters. The molecule has 0 spiro atoms. The summed E-state index contributed by atoms with van der Waals surface area (Å²) in [5, 5.41) is 4.89. The molecule has 3 rings (SSSR count). The highest BCUT2D eigenvalue weighted by molar-refractivity contribution is 7.16. The molecule has 2 aliphatic rings. The second-order valence-corrected chi connectivity index (χ2v) is 7.68. The van der Waals surface area contributed by atoms with Crippen LogP contribution in [0.5, 0.6) is 0 Å². The van der Waals surface area contributed by atoms with Crippen LogP contribution in [-0.4, -0.2) is 39.2 Å². The van der Waals surface area contributed by atoms with Crippen LogP contribution >= 0.6 is 36.2 Å². The molecule has 1 fully saturated rings. The molecule has 4 nitrogen and oxygen atoms in total. The summed E-state index contributed by atoms with van der Waals surface area (Å²) in [6.07, 6.45) is 11.7. The van der Waals surface area contributed by atoms with E-state index in [-0.39, 0.29) is 24.8 Å². The molecule has 144 valence electrons. The first-order valence-electron chi connectivity index (χ1n) is 8.97. The minimum atomic E-state index is 0. The Morgan fingerprint density at radius 1 is 1.20 bits per heavy atom. The number of methoxy groups -OCH3 is 1. The van der Waals surface area contributed by atoms with Crippen LogP contribution in [0.1, 0.15) is 55.4 Å². The zero-order valence-electron chi connectivity index (χ0n) is 15.0. The van der Waals surface area contributed by atoms with Gasteiger partial charge in [-0.3, -0.25) is 4.99 Å². The monoisotopic (exact) mass is 407 g/mol. The van der Waals surface area contributed by atoms with Gasteiger partial charge in [-0.2, -0.15) is 0 Å². The summed E-state index contributed by atoms with van der Waals surface area (Å²) in [4.78, 5) is 8.59. The summed E-state index contributed by atoms with van der Waals surface area (Å²) >= 11 is 1.94. The summed E-state index contributed by atoms with van der Waals surface area (Å²) in [6, 6.07) is 2.98. The van der Waals surface area contributed by atoms with Crippen molar-refractivity contribution in [2.24, 2.45) is 4.99 Å². The van der Waals surface area contributed by atoms with E-state index in [9.17, 15) is 0 Å². The fraction of sp³-hybridized carbons (Fsp3) is 0.722. The average molecular weight is 408 g/mol. The number of nitrogens with one attached hydrogen (secondary N) is 1. The largest absolute Gasteiger partial charge is 0.383 e. The van der Waals surface area contributed by atoms with Crippen LogP contribution in [0, 0.1) is 0 Å². The Balaban J connectivity index is 0.00000156. The first-order valence-corrected chi connectivity index (χ1v) is 9.79. The maximum Gasteiger partial charge on any atom is 0.111 e. The van der Waals surface area contributed by atoms with Gasteiger partial charge in [0.05, 0.1) is 6.61 Å². The Morgan fingerprint density at radius 3 is 2.64 bits per heavy atom. The number of hydrogen-bond donors (Lipinski definition) is 1. The Hall–Kier alpha value is -0.330. The van der Waals surface area contributed by atoms with Crippen molar-refractivity contribution in [2.45, 2.75) is 57.5 Å². The van der Waals surface area contributed by atoms with Gasteiger partial charge in [-0.1, -0.05) is 32.1 Å². The summed E-state index contributed by atoms with van der Waals surface area (Å²) < 4.78 is 5.09. The van der Waals surface area contributed by atoms with E-state index in [1.165, 1.54) is 60.4 Å². The summed E-state index contributed by atoms with van der Waals surface area (Å²) in [6.45, 7) is 3.43. The molecular formula is C18H31Cl2N3OS. The van der Waals surface area contributed by atoms with Crippen LogP contribution < -0.4 is 10.2 Å². The first kappa shape index (κ1) is 22.7. The maximum absolute atomic E-state index is 5.09. The van der Waals surface area contributed by atoms with Crippen LogP contribution in [0.15, 0.2) is 11.1 Å². The number of aliphatic imine (C=N–C) groups is 1. The third-order valence-corrected chi connectivity index (χ3v) is 6.00. The number of ether oxygens (including phenoxy) is 1. The predicted octanol–water partition coefficient (Wildman–Crippen LogP) is 4.64. The van der Waals surface area contributed by atoms with E-state index in [1.54, 1.807) is 7.11 Å². The van der Waals surface area contributed by atoms with Crippen LogP contribution in [-0.2, 0) is 11.3 Å². The number of nitrogens with zero attached hydrogens (tertiary/aromatic N) is 2. The van der Waals surface area contributed by atoms with Gasteiger partial charge >= 0.3 is 0 Å². The number of hydrogen-bond acceptors (Lipinski definition) is 5. The van der Waals surface area contributed by atoms with Crippen LogP contribution in [0.25, 0.3) is 0 Å². The van der Waals surface area contributed by atoms with Gasteiger partial charge in [0.15, 0.2) is 0 Å². The molecule has 2 heterocycles. The Labute approximate surface area is 168 Å². The highest BCUT2D eigenvalue weighted by Gasteiger charge is 2.25. The van der Waals surface area contributed by atoms with Gasteiger partial charge < -0.3 is 15.0 Å². The summed E-state index contributed by atoms with van der Waals surface area (Å²) in [5.74, 6) is 0. The van der Waals surface area contributed by atoms with Gasteiger partial charge in [-0.15, -0.1) is 36.2 Å². The van der Waals surface area contributed by atoms with Gasteiger partial charge in [0.2, 0.25) is 0 Å². The number of fused-ring (bicyclic) bond motifs is 1. The molecule has 0 amide bonds. The number of thiophene rings is 1. The smallest absolute Gasteiger partial charge is 0.111 e. The van der Waals surface area contributed by atoms with Gasteiger partial charge in [0.25, 0.3) is 0 Å². The number of anilines is 1. The Bertz CT molecular complexity index is 516. The lowest BCUT2D eigenvalue weighted by molar-refractivity contribution is 0.199. The lowest BCUT2D eigenvalue weighted by Crippen LogP contribution is -2.37. The highest BCUT2D eigenvalue weighted by Crippen LogP contribution is 2.36. The first-order chi connectivity index (χ1) is 11.4. The molecule has 1 saturated carbocycles. The van der Waals surface area contributed by atoms with Crippen molar-refractivity contribution in [3.8, 4) is 0 Å². The van der Waals surface area contributed by atoms with Crippen molar-refractivity contribution in [1.29, 1.82) is 0 Å². The normalized spacial score (nSPS) is 17.9. The van der Waals surface area contributed by atoms with Crippen LogP contribution in [0.4, 0.5) is 5.00 Å². The fourth-order valence-electron chi connectivity index (χ4n) is 3.56. The minimum absolute atomic E-state index is 0. The predicted molar refractivity (Wildman–Crippen MR) is 113 cm³/mol. The minimum Gasteiger partial charge on any atom is -0.383 e. The fourth-order valence-corrected chi connectivity index (χ4v) is 4.72. The van der Waals surface area contributed by atoms with Gasteiger partial charge in [0, 0.05) is 42.9 Å². The zero-order chi connectivity index (χ0) is 15.9. The van der Waals surface area contributed by atoms with Gasteiger partial charge in [-0.05, 0) is 18.9 Å². The molecule has 0 unspecified atom stereocenters. The van der Waals surface area contributed by atoms with E-state index in [0.717, 1.165) is 26.4 Å². The van der Waals surface area contributed by atoms with Crippen molar-refractivity contribution in [2.75, 3.05) is 31.8 Å². The number of rotatable bonds is 6. The summed E-state index contributed by atoms with van der Waals surface area (Å²) in [5.41, 5.74) is 1.31. The van der Waals surface area contributed by atoms with E-state index in [0.29, 0.717) is 6.04 Å². The molecule has 25 heavy (non-hydrogen) atoms. The molecule has 0 bridgehead atoms. The highest BCUT2D eigenvalue weighted by atomic mass is 35.5. The lowest BCUT2D eigenvalue weighted by atomic mass is 9.95. The third-order valence-electron chi connectivity index (χ3n) is 4.81. The van der Waals surface area contributed by atoms with E-state index in [4.69, 9.17) is 4.74 Å². The van der Waals surface area contributed by atoms with E-state index < -0.39 is 0 Å². The van der Waals surface area contributed by atoms with Gasteiger partial charge in [0.1, 0.15) is 11.7 Å². The molecule has 1 N–H and O–H groups in total. The zero-order valence-corrected chi connectivity index (χ0v) is 17.5. The van der Waals surface area contributed by atoms with Crippen molar-refractivity contribution in [3.05, 3.63) is 16.5 Å². The maximum atomic E-state index is 5.09. The lowest BCUT2D eigenvalue weighted by Gasteiger charge is -2.34. The standard InChI is InChI=1S/C18H29N3OS.2ClH/c1-22-10-9-19-13-17-11-15-12-20-14-21(18(15)23-17)16-7-5-3-2-4-6-8-16;;/h11-12,16,19H,2-10,13-14H2,1H3;2*1H. The van der Waals surface area contributed by atoms with Crippen molar-refractivity contribution < 1.29 is 4.74 Å². The van der Waals surface area contributed by atoms with E-state index in [2.05, 4.69) is 27.5 Å². The van der Waals surface area contributed by atoms with E-state index in [1.807, 2.05) is 11.3 Å². The van der Waals surface area contributed by atoms with Crippen LogP contribution in [0.3, 0.4) is 0 Å². The average Bonchev–Trinajstić information content (AvgIpc) is 2.94. The molecule has 1 aromatic heterocycles. The second-order valence-electron chi connectivity index (χ2n) is 6.56. The molecule has 1 aromatic rings. The molecular weight excluding hydrogens is 377 g/mol. The third kappa shape index (κ3) is 6.40. The molecule has 7 heteroatoms. The quantitative estimate of drug-likeness (QED) is 0.697. The van der Waals surface area contributed by atoms with E-state index >= 15 is 0 Å². The van der Waals surface area contributed by atoms with Crippen LogP contribution in [0.2, 0.25) is 0 Å². The molecule has 1 aliphatic carbocycles. The SMILES string of the molecule is COCCNCc1cc2c(s1)N(C1CCCCCCC1)CN=C2.Cl.Cl. The molecule has 0 aromatic carbocycles. The Morgan fingerprint density at radius 2 is 1.92 bits per heavy atom. The Kier molecular flexibility index (Phi) is 11.0. The van der Waals surface area contributed by atoms with Crippen molar-refractivity contribution in [3.63, 3.8) is 0 Å².